The van der Waals surface area contributed by atoms with Crippen molar-refractivity contribution in [1.82, 2.24) is 5.32 Å². The van der Waals surface area contributed by atoms with E-state index in [1.54, 1.807) is 0 Å². The molecule has 1 aliphatic heterocycles. The molecule has 1 aliphatic rings. The van der Waals surface area contributed by atoms with Crippen LogP contribution in [0.5, 0.6) is 0 Å². The molecule has 1 heteroatoms. The van der Waals surface area contributed by atoms with Gasteiger partial charge in [-0.3, -0.25) is 0 Å². The van der Waals surface area contributed by atoms with Gasteiger partial charge in [0, 0.05) is 0 Å². The van der Waals surface area contributed by atoms with Crippen LogP contribution in [0, 0.1) is 5.92 Å². The zero-order chi connectivity index (χ0) is 11.4. The molecule has 1 heterocycles. The second-order valence-corrected chi connectivity index (χ2v) is 3.77. The predicted octanol–water partition coefficient (Wildman–Crippen LogP) is 3.92. The normalized spacial score (nSPS) is 17.2. The lowest BCUT2D eigenvalue weighted by molar-refractivity contribution is 0.377. The number of rotatable bonds is 5. The van der Waals surface area contributed by atoms with E-state index >= 15 is 0 Å². The van der Waals surface area contributed by atoms with Crippen LogP contribution in [0.3, 0.4) is 0 Å². The molecule has 88 valence electrons. The zero-order valence-electron chi connectivity index (χ0n) is 10.5. The van der Waals surface area contributed by atoms with Crippen molar-refractivity contribution in [3.63, 3.8) is 0 Å². The summed E-state index contributed by atoms with van der Waals surface area (Å²) in [5, 5.41) is 3.39. The van der Waals surface area contributed by atoms with E-state index in [0.717, 1.165) is 18.8 Å². The van der Waals surface area contributed by atoms with E-state index in [0.29, 0.717) is 0 Å². The smallest absolute Gasteiger partial charge is 0.00462 e. The monoisotopic (exact) mass is 209 g/mol. The molecule has 0 bridgehead atoms. The van der Waals surface area contributed by atoms with Gasteiger partial charge < -0.3 is 5.32 Å². The van der Waals surface area contributed by atoms with Gasteiger partial charge in [0.05, 0.1) is 0 Å². The Bertz CT molecular complexity index is 155. The van der Waals surface area contributed by atoms with Crippen LogP contribution in [0.25, 0.3) is 0 Å². The standard InChI is InChI=1S/C12H21N.C2H6/c1-2-3-4-5-6-7-12-8-10-13-11-9-12;1-2/h2,5-6,12-13H,1,3-4,7-11H2;1-2H3/b6-5+;. The number of piperidine rings is 1. The van der Waals surface area contributed by atoms with Gasteiger partial charge in [-0.15, -0.1) is 6.58 Å². The Labute approximate surface area is 95.7 Å². The Morgan fingerprint density at radius 1 is 1.13 bits per heavy atom. The Hall–Kier alpha value is -0.560. The van der Waals surface area contributed by atoms with Crippen LogP contribution >= 0.6 is 0 Å². The van der Waals surface area contributed by atoms with Gasteiger partial charge in [0.2, 0.25) is 0 Å². The molecule has 0 aromatic heterocycles. The number of unbranched alkanes of at least 4 members (excludes halogenated alkanes) is 1. The lowest BCUT2D eigenvalue weighted by Gasteiger charge is -2.20. The SMILES string of the molecule is C=CCC/C=C/CC1CCNCC1.CC. The summed E-state index contributed by atoms with van der Waals surface area (Å²) in [6.45, 7) is 10.1. The topological polar surface area (TPSA) is 12.0 Å². The molecule has 1 N–H and O–H groups in total. The van der Waals surface area contributed by atoms with Crippen molar-refractivity contribution in [3.8, 4) is 0 Å². The number of hydrogen-bond acceptors (Lipinski definition) is 1. The molecule has 0 radical (unpaired) electrons. The third-order valence-electron chi connectivity index (χ3n) is 2.63. The van der Waals surface area contributed by atoms with Crippen molar-refractivity contribution in [2.75, 3.05) is 13.1 Å². The van der Waals surface area contributed by atoms with Crippen molar-refractivity contribution < 1.29 is 0 Å². The van der Waals surface area contributed by atoms with Gasteiger partial charge in [0.15, 0.2) is 0 Å². The highest BCUT2D eigenvalue weighted by molar-refractivity contribution is 4.87. The third-order valence-corrected chi connectivity index (χ3v) is 2.63. The summed E-state index contributed by atoms with van der Waals surface area (Å²) in [6.07, 6.45) is 12.9. The number of allylic oxidation sites excluding steroid dienone is 3. The van der Waals surface area contributed by atoms with Crippen LogP contribution < -0.4 is 5.32 Å². The highest BCUT2D eigenvalue weighted by Gasteiger charge is 2.10. The van der Waals surface area contributed by atoms with Gasteiger partial charge in [-0.1, -0.05) is 32.1 Å². The summed E-state index contributed by atoms with van der Waals surface area (Å²) < 4.78 is 0. The fourth-order valence-corrected chi connectivity index (χ4v) is 1.74. The Morgan fingerprint density at radius 3 is 2.40 bits per heavy atom. The molecule has 1 nitrogen and oxygen atoms in total. The van der Waals surface area contributed by atoms with Gasteiger partial charge in [-0.2, -0.15) is 0 Å². The first-order chi connectivity index (χ1) is 7.43. The molecule has 0 atom stereocenters. The van der Waals surface area contributed by atoms with Crippen molar-refractivity contribution in [3.05, 3.63) is 24.8 Å². The molecule has 0 aromatic carbocycles. The van der Waals surface area contributed by atoms with Crippen LogP contribution in [0.1, 0.15) is 46.0 Å². The van der Waals surface area contributed by atoms with E-state index in [1.165, 1.54) is 32.4 Å². The summed E-state index contributed by atoms with van der Waals surface area (Å²) in [7, 11) is 0. The van der Waals surface area contributed by atoms with Gasteiger partial charge in [-0.25, -0.2) is 0 Å². The molecular formula is C14H27N. The first-order valence-corrected chi connectivity index (χ1v) is 6.40. The summed E-state index contributed by atoms with van der Waals surface area (Å²) in [4.78, 5) is 0. The lowest BCUT2D eigenvalue weighted by atomic mass is 9.94. The minimum atomic E-state index is 0.932. The maximum Gasteiger partial charge on any atom is -0.00462 e. The van der Waals surface area contributed by atoms with Crippen molar-refractivity contribution >= 4 is 0 Å². The lowest BCUT2D eigenvalue weighted by Crippen LogP contribution is -2.27. The predicted molar refractivity (Wildman–Crippen MR) is 70.1 cm³/mol. The number of hydrogen-bond donors (Lipinski definition) is 1. The highest BCUT2D eigenvalue weighted by atomic mass is 14.9. The largest absolute Gasteiger partial charge is 0.317 e. The van der Waals surface area contributed by atoms with Crippen LogP contribution in [0.2, 0.25) is 0 Å². The fourth-order valence-electron chi connectivity index (χ4n) is 1.74. The van der Waals surface area contributed by atoms with Crippen LogP contribution in [0.15, 0.2) is 24.8 Å². The molecule has 1 rings (SSSR count). The van der Waals surface area contributed by atoms with E-state index in [1.807, 2.05) is 19.9 Å². The molecule has 0 aliphatic carbocycles. The second kappa shape index (κ2) is 11.5. The molecular weight excluding hydrogens is 182 g/mol. The molecule has 0 spiro atoms. The van der Waals surface area contributed by atoms with Crippen LogP contribution in [0.4, 0.5) is 0 Å². The van der Waals surface area contributed by atoms with Gasteiger partial charge in [0.1, 0.15) is 0 Å². The minimum absolute atomic E-state index is 0.932. The van der Waals surface area contributed by atoms with Gasteiger partial charge >= 0.3 is 0 Å². The van der Waals surface area contributed by atoms with Gasteiger partial charge in [-0.05, 0) is 51.1 Å². The fraction of sp³-hybridized carbons (Fsp3) is 0.714. The minimum Gasteiger partial charge on any atom is -0.317 e. The summed E-state index contributed by atoms with van der Waals surface area (Å²) >= 11 is 0. The summed E-state index contributed by atoms with van der Waals surface area (Å²) in [6, 6.07) is 0. The molecule has 1 fully saturated rings. The van der Waals surface area contributed by atoms with E-state index in [2.05, 4.69) is 24.0 Å². The molecule has 0 amide bonds. The van der Waals surface area contributed by atoms with E-state index in [4.69, 9.17) is 0 Å². The Balaban J connectivity index is 0.000000921. The second-order valence-electron chi connectivity index (χ2n) is 3.77. The van der Waals surface area contributed by atoms with Crippen LogP contribution in [-0.4, -0.2) is 13.1 Å². The summed E-state index contributed by atoms with van der Waals surface area (Å²) in [5.41, 5.74) is 0. The van der Waals surface area contributed by atoms with Crippen LogP contribution in [-0.2, 0) is 0 Å². The third kappa shape index (κ3) is 8.44. The van der Waals surface area contributed by atoms with Crippen molar-refractivity contribution in [1.29, 1.82) is 0 Å². The van der Waals surface area contributed by atoms with Gasteiger partial charge in [0.25, 0.3) is 0 Å². The maximum atomic E-state index is 3.71. The first-order valence-electron chi connectivity index (χ1n) is 6.40. The molecule has 0 unspecified atom stereocenters. The molecule has 0 saturated carbocycles. The summed E-state index contributed by atoms with van der Waals surface area (Å²) in [5.74, 6) is 0.932. The molecule has 1 saturated heterocycles. The van der Waals surface area contributed by atoms with E-state index < -0.39 is 0 Å². The average molecular weight is 209 g/mol. The number of nitrogens with one attached hydrogen (secondary N) is 1. The van der Waals surface area contributed by atoms with Crippen molar-refractivity contribution in [2.45, 2.75) is 46.0 Å². The highest BCUT2D eigenvalue weighted by Crippen LogP contribution is 2.16. The Morgan fingerprint density at radius 2 is 1.80 bits per heavy atom. The molecule has 0 aromatic rings. The quantitative estimate of drug-likeness (QED) is 0.534. The van der Waals surface area contributed by atoms with E-state index in [9.17, 15) is 0 Å². The van der Waals surface area contributed by atoms with Crippen molar-refractivity contribution in [2.24, 2.45) is 5.92 Å². The average Bonchev–Trinajstić information content (AvgIpc) is 2.33. The van der Waals surface area contributed by atoms with E-state index in [-0.39, 0.29) is 0 Å². The Kier molecular flexibility index (Phi) is 11.1. The first kappa shape index (κ1) is 14.4. The molecule has 15 heavy (non-hydrogen) atoms. The zero-order valence-corrected chi connectivity index (χ0v) is 10.5. The maximum absolute atomic E-state index is 3.71.